The standard InChI is InChI=1S/C26H29N3O4.C9H21N.C2H6/c1-17-32-24-14-19(13-23(31-3)25(24)33-17)26(30)29(16-21-8-6-12-28(21)2)15-20-11-10-18-7-4-5-9-22(18)27-20;1-4-8(2)5-6-9(3)7-10;1-2/h4-5,7,9-11,13-14,17,21H,6,8,12,15-16H2,1-3H3;8-9H,4-7,10H2,1-3H3;1-2H3/t17?,21-;;/m0../s1. The quantitative estimate of drug-likeness (QED) is 0.237. The molecule has 8 heteroatoms. The van der Waals surface area contributed by atoms with Crippen molar-refractivity contribution < 1.29 is 19.0 Å². The van der Waals surface area contributed by atoms with Crippen LogP contribution in [0.5, 0.6) is 17.2 Å². The number of amides is 1. The largest absolute Gasteiger partial charge is 0.493 e. The number of carbonyl (C=O) groups is 1. The molecule has 1 amide bonds. The van der Waals surface area contributed by atoms with Crippen LogP contribution in [0.3, 0.4) is 0 Å². The highest BCUT2D eigenvalue weighted by Gasteiger charge is 2.30. The van der Waals surface area contributed by atoms with Crippen molar-refractivity contribution in [3.8, 4) is 17.2 Å². The van der Waals surface area contributed by atoms with Gasteiger partial charge in [-0.1, -0.05) is 71.7 Å². The Morgan fingerprint density at radius 1 is 1.11 bits per heavy atom. The van der Waals surface area contributed by atoms with Gasteiger partial charge < -0.3 is 29.7 Å². The number of nitrogens with zero attached hydrogens (tertiary/aromatic N) is 3. The van der Waals surface area contributed by atoms with Gasteiger partial charge >= 0.3 is 0 Å². The van der Waals surface area contributed by atoms with Crippen molar-refractivity contribution in [2.45, 2.75) is 92.5 Å². The number of aromatic nitrogens is 1. The summed E-state index contributed by atoms with van der Waals surface area (Å²) in [6, 6.07) is 15.9. The molecule has 2 N–H and O–H groups in total. The molecule has 3 unspecified atom stereocenters. The second-order valence-electron chi connectivity index (χ2n) is 12.2. The highest BCUT2D eigenvalue weighted by atomic mass is 16.7. The van der Waals surface area contributed by atoms with Crippen molar-refractivity contribution in [2.24, 2.45) is 17.6 Å². The van der Waals surface area contributed by atoms with Crippen LogP contribution in [0, 0.1) is 11.8 Å². The first-order valence-corrected chi connectivity index (χ1v) is 16.8. The van der Waals surface area contributed by atoms with E-state index in [9.17, 15) is 4.79 Å². The Bertz CT molecular complexity index is 1340. The van der Waals surface area contributed by atoms with Gasteiger partial charge in [-0.2, -0.15) is 0 Å². The number of methoxy groups -OCH3 is 1. The normalized spacial score (nSPS) is 18.3. The smallest absolute Gasteiger partial charge is 0.254 e. The summed E-state index contributed by atoms with van der Waals surface area (Å²) in [6.45, 7) is 15.6. The van der Waals surface area contributed by atoms with E-state index in [4.69, 9.17) is 24.9 Å². The zero-order valence-corrected chi connectivity index (χ0v) is 28.8. The molecule has 0 radical (unpaired) electrons. The zero-order valence-electron chi connectivity index (χ0n) is 28.8. The summed E-state index contributed by atoms with van der Waals surface area (Å²) in [5, 5.41) is 1.09. The first kappa shape index (κ1) is 36.1. The van der Waals surface area contributed by atoms with E-state index < -0.39 is 6.29 Å². The Kier molecular flexibility index (Phi) is 14.4. The molecule has 45 heavy (non-hydrogen) atoms. The van der Waals surface area contributed by atoms with E-state index in [2.05, 4.69) is 38.8 Å². The molecule has 1 aromatic heterocycles. The van der Waals surface area contributed by atoms with Crippen LogP contribution < -0.4 is 19.9 Å². The van der Waals surface area contributed by atoms with Gasteiger partial charge in [0.25, 0.3) is 5.91 Å². The van der Waals surface area contributed by atoms with E-state index >= 15 is 0 Å². The van der Waals surface area contributed by atoms with E-state index in [-0.39, 0.29) is 5.91 Å². The third-order valence-corrected chi connectivity index (χ3v) is 8.71. The number of rotatable bonds is 11. The number of pyridine rings is 1. The second-order valence-corrected chi connectivity index (χ2v) is 12.2. The van der Waals surface area contributed by atoms with E-state index in [1.54, 1.807) is 19.2 Å². The van der Waals surface area contributed by atoms with Crippen LogP contribution in [-0.4, -0.2) is 66.8 Å². The summed E-state index contributed by atoms with van der Waals surface area (Å²) in [5.41, 5.74) is 7.81. The van der Waals surface area contributed by atoms with E-state index in [0.717, 1.165) is 48.4 Å². The summed E-state index contributed by atoms with van der Waals surface area (Å²) < 4.78 is 16.9. The predicted octanol–water partition coefficient (Wildman–Crippen LogP) is 7.53. The molecule has 1 saturated heterocycles. The van der Waals surface area contributed by atoms with Crippen LogP contribution in [0.2, 0.25) is 0 Å². The van der Waals surface area contributed by atoms with E-state index in [1.165, 1.54) is 19.3 Å². The number of hydrogen-bond acceptors (Lipinski definition) is 7. The molecule has 2 aromatic carbocycles. The molecule has 3 aromatic rings. The monoisotopic (exact) mass is 620 g/mol. The fourth-order valence-electron chi connectivity index (χ4n) is 5.57. The minimum atomic E-state index is -0.413. The number of para-hydroxylation sites is 1. The molecule has 0 bridgehead atoms. The van der Waals surface area contributed by atoms with Gasteiger partial charge in [0.05, 0.1) is 24.9 Å². The number of likely N-dealkylation sites (tertiary alicyclic amines) is 1. The van der Waals surface area contributed by atoms with E-state index in [1.807, 2.05) is 56.0 Å². The fraction of sp³-hybridized carbons (Fsp3) is 0.568. The lowest BCUT2D eigenvalue weighted by atomic mass is 9.97. The summed E-state index contributed by atoms with van der Waals surface area (Å²) >= 11 is 0. The SMILES string of the molecule is CC.CCC(C)CCC(C)CN.COc1cc(C(=O)N(Cc2ccc3ccccc3n2)C[C@@H]2CCCN2C)cc2c1OC(C)O2. The Balaban J connectivity index is 0.000000395. The second kappa shape index (κ2) is 18.0. The summed E-state index contributed by atoms with van der Waals surface area (Å²) in [4.78, 5) is 22.8. The van der Waals surface area contributed by atoms with Crippen LogP contribution in [0.4, 0.5) is 0 Å². The minimum Gasteiger partial charge on any atom is -0.493 e. The number of carbonyl (C=O) groups excluding carboxylic acids is 1. The summed E-state index contributed by atoms with van der Waals surface area (Å²) in [7, 11) is 3.69. The maximum atomic E-state index is 13.8. The Morgan fingerprint density at radius 3 is 2.51 bits per heavy atom. The molecular weight excluding hydrogens is 564 g/mol. The number of ether oxygens (including phenoxy) is 3. The van der Waals surface area contributed by atoms with E-state index in [0.29, 0.717) is 47.9 Å². The van der Waals surface area contributed by atoms with Gasteiger partial charge in [0.15, 0.2) is 11.5 Å². The molecule has 4 atom stereocenters. The van der Waals surface area contributed by atoms with Crippen molar-refractivity contribution in [1.82, 2.24) is 14.8 Å². The molecule has 2 aliphatic rings. The third kappa shape index (κ3) is 10.1. The van der Waals surface area contributed by atoms with Crippen molar-refractivity contribution in [1.29, 1.82) is 0 Å². The molecule has 0 aliphatic carbocycles. The van der Waals surface area contributed by atoms with Gasteiger partial charge in [-0.3, -0.25) is 9.78 Å². The van der Waals surface area contributed by atoms with Gasteiger partial charge in [0, 0.05) is 30.5 Å². The number of fused-ring (bicyclic) bond motifs is 2. The average Bonchev–Trinajstić information content (AvgIpc) is 3.66. The van der Waals surface area contributed by atoms with Crippen molar-refractivity contribution in [3.63, 3.8) is 0 Å². The molecule has 2 aliphatic heterocycles. The third-order valence-electron chi connectivity index (χ3n) is 8.71. The lowest BCUT2D eigenvalue weighted by Gasteiger charge is -2.29. The number of nitrogens with two attached hydrogens (primary N) is 1. The van der Waals surface area contributed by atoms with Gasteiger partial charge in [0.2, 0.25) is 12.0 Å². The predicted molar refractivity (Wildman–Crippen MR) is 184 cm³/mol. The summed E-state index contributed by atoms with van der Waals surface area (Å²) in [6.07, 6.45) is 5.75. The zero-order chi connectivity index (χ0) is 32.9. The lowest BCUT2D eigenvalue weighted by Crippen LogP contribution is -2.41. The lowest BCUT2D eigenvalue weighted by molar-refractivity contribution is 0.0658. The number of hydrogen-bond donors (Lipinski definition) is 1. The van der Waals surface area contributed by atoms with Gasteiger partial charge in [-0.05, 0) is 75.5 Å². The fourth-order valence-corrected chi connectivity index (χ4v) is 5.57. The molecule has 8 nitrogen and oxygen atoms in total. The van der Waals surface area contributed by atoms with Crippen LogP contribution in [-0.2, 0) is 6.54 Å². The van der Waals surface area contributed by atoms with Crippen LogP contribution in [0.25, 0.3) is 10.9 Å². The molecule has 0 saturated carbocycles. The minimum absolute atomic E-state index is 0.0745. The van der Waals surface area contributed by atoms with Crippen LogP contribution in [0.15, 0.2) is 48.5 Å². The van der Waals surface area contributed by atoms with Crippen LogP contribution in [0.1, 0.15) is 89.7 Å². The Labute approximate surface area is 271 Å². The van der Waals surface area contributed by atoms with Gasteiger partial charge in [0.1, 0.15) is 0 Å². The van der Waals surface area contributed by atoms with Crippen molar-refractivity contribution in [2.75, 3.05) is 33.8 Å². The Hall–Kier alpha value is -3.36. The number of benzene rings is 2. The topological polar surface area (TPSA) is 90.2 Å². The van der Waals surface area contributed by atoms with Crippen molar-refractivity contribution >= 4 is 16.8 Å². The molecule has 248 valence electrons. The van der Waals surface area contributed by atoms with Crippen molar-refractivity contribution in [3.05, 3.63) is 59.8 Å². The maximum Gasteiger partial charge on any atom is 0.254 e. The average molecular weight is 621 g/mol. The summed E-state index contributed by atoms with van der Waals surface area (Å²) in [5.74, 6) is 3.10. The molecule has 5 rings (SSSR count). The molecular formula is C37H56N4O4. The molecule has 3 heterocycles. The molecule has 0 spiro atoms. The first-order chi connectivity index (χ1) is 21.7. The molecule has 1 fully saturated rings. The first-order valence-electron chi connectivity index (χ1n) is 16.8. The number of likely N-dealkylation sites (N-methyl/N-ethyl adjacent to an activating group) is 1. The van der Waals surface area contributed by atoms with Gasteiger partial charge in [-0.25, -0.2) is 0 Å². The highest BCUT2D eigenvalue weighted by molar-refractivity contribution is 5.95. The van der Waals surface area contributed by atoms with Crippen LogP contribution >= 0.6 is 0 Å². The highest BCUT2D eigenvalue weighted by Crippen LogP contribution is 2.44. The Morgan fingerprint density at radius 2 is 1.84 bits per heavy atom. The maximum absolute atomic E-state index is 13.8. The van der Waals surface area contributed by atoms with Gasteiger partial charge in [-0.15, -0.1) is 0 Å².